The topological polar surface area (TPSA) is 12.9 Å². The third kappa shape index (κ3) is 4.90. The molecule has 0 N–H and O–H groups in total. The van der Waals surface area contributed by atoms with E-state index in [1.807, 2.05) is 19.9 Å². The molecule has 1 atom stereocenters. The minimum Gasteiger partial charge on any atom is -0.256 e. The molecule has 1 aromatic carbocycles. The number of pyridine rings is 1. The van der Waals surface area contributed by atoms with E-state index in [0.717, 1.165) is 40.1 Å². The molecule has 0 spiro atoms. The van der Waals surface area contributed by atoms with Gasteiger partial charge in [-0.3, -0.25) is 4.98 Å². The first kappa shape index (κ1) is 26.3. The molecule has 1 nitrogen and oxygen atoms in total. The van der Waals surface area contributed by atoms with Gasteiger partial charge in [-0.15, -0.1) is 0 Å². The lowest BCUT2D eigenvalue weighted by molar-refractivity contribution is 0.522. The molecule has 2 aliphatic carbocycles. The Kier molecular flexibility index (Phi) is 8.16. The quantitative estimate of drug-likeness (QED) is 0.400. The molecular weight excluding hydrogens is 424 g/mol. The Morgan fingerprint density at radius 2 is 1.82 bits per heavy atom. The van der Waals surface area contributed by atoms with Gasteiger partial charge in [0.25, 0.3) is 0 Å². The minimum absolute atomic E-state index is 0.152. The molecule has 0 aliphatic heterocycles. The molecule has 0 radical (unpaired) electrons. The van der Waals surface area contributed by atoms with Crippen LogP contribution < -0.4 is 0 Å². The Morgan fingerprint density at radius 3 is 2.41 bits per heavy atom. The monoisotopic (exact) mass is 465 g/mol. The molecular formula is C31H41F2N. The lowest BCUT2D eigenvalue weighted by Crippen LogP contribution is -2.30. The van der Waals surface area contributed by atoms with Crippen LogP contribution in [0.4, 0.5) is 8.78 Å². The first-order valence-corrected chi connectivity index (χ1v) is 12.9. The smallest absolute Gasteiger partial charge is 0.134 e. The van der Waals surface area contributed by atoms with Crippen LogP contribution >= 0.6 is 0 Å². The third-order valence-electron chi connectivity index (χ3n) is 7.55. The fraction of sp³-hybridized carbons (Fsp3) is 0.516. The zero-order chi connectivity index (χ0) is 25.2. The lowest BCUT2D eigenvalue weighted by atomic mass is 9.64. The Hall–Kier alpha value is -2.29. The van der Waals surface area contributed by atoms with E-state index < -0.39 is 5.41 Å². The Labute approximate surface area is 205 Å². The van der Waals surface area contributed by atoms with E-state index in [9.17, 15) is 4.39 Å². The molecule has 0 saturated carbocycles. The molecule has 1 heterocycles. The van der Waals surface area contributed by atoms with Gasteiger partial charge in [0.2, 0.25) is 0 Å². The van der Waals surface area contributed by atoms with Crippen molar-refractivity contribution in [3.05, 3.63) is 70.6 Å². The SMILES string of the molecule is CCC(C)CC.Cc1cc2c3c(nccc3c1F)C1=C(C(F)=CCC1CC=CC(C)C)C2(C)C. The number of halogens is 2. The summed E-state index contributed by atoms with van der Waals surface area (Å²) in [6, 6.07) is 3.62. The van der Waals surface area contributed by atoms with Crippen molar-refractivity contribution in [1.29, 1.82) is 0 Å². The summed E-state index contributed by atoms with van der Waals surface area (Å²) in [4.78, 5) is 4.64. The van der Waals surface area contributed by atoms with E-state index in [1.165, 1.54) is 12.8 Å². The minimum atomic E-state index is -0.539. The van der Waals surface area contributed by atoms with Gasteiger partial charge in [-0.2, -0.15) is 0 Å². The van der Waals surface area contributed by atoms with Crippen LogP contribution in [0.2, 0.25) is 0 Å². The number of benzene rings is 1. The molecule has 1 aromatic heterocycles. The fourth-order valence-electron chi connectivity index (χ4n) is 5.08. The van der Waals surface area contributed by atoms with Crippen molar-refractivity contribution >= 4 is 16.3 Å². The molecule has 3 heteroatoms. The first-order valence-electron chi connectivity index (χ1n) is 12.9. The molecule has 184 valence electrons. The van der Waals surface area contributed by atoms with Gasteiger partial charge in [-0.25, -0.2) is 8.78 Å². The summed E-state index contributed by atoms with van der Waals surface area (Å²) in [6.45, 7) is 16.9. The summed E-state index contributed by atoms with van der Waals surface area (Å²) >= 11 is 0. The van der Waals surface area contributed by atoms with Crippen molar-refractivity contribution < 1.29 is 8.78 Å². The number of hydrogen-bond acceptors (Lipinski definition) is 1. The second-order valence-corrected chi connectivity index (χ2v) is 10.9. The standard InChI is InChI=1S/C25H27F2N.C6H14/c1-14(2)7-6-8-16-9-10-19(26)22-20(16)24-21-17(11-12-28-24)23(27)15(3)13-18(21)25(22,4)5;1-4-6(3)5-2/h6-7,10-14,16H,8-9H2,1-5H3;6H,4-5H2,1-3H3. The van der Waals surface area contributed by atoms with Crippen molar-refractivity contribution in [2.45, 2.75) is 86.5 Å². The zero-order valence-corrected chi connectivity index (χ0v) is 22.2. The maximum Gasteiger partial charge on any atom is 0.134 e. The van der Waals surface area contributed by atoms with E-state index >= 15 is 4.39 Å². The third-order valence-corrected chi connectivity index (χ3v) is 7.55. The summed E-state index contributed by atoms with van der Waals surface area (Å²) in [7, 11) is 0. The second-order valence-electron chi connectivity index (χ2n) is 10.9. The van der Waals surface area contributed by atoms with Crippen molar-refractivity contribution in [1.82, 2.24) is 4.98 Å². The number of nitrogens with zero attached hydrogens (tertiary/aromatic N) is 1. The molecule has 2 aliphatic rings. The van der Waals surface area contributed by atoms with E-state index in [1.54, 1.807) is 25.3 Å². The van der Waals surface area contributed by atoms with Crippen LogP contribution in [0.1, 0.15) is 91.0 Å². The largest absolute Gasteiger partial charge is 0.256 e. The van der Waals surface area contributed by atoms with Crippen LogP contribution in [-0.2, 0) is 5.41 Å². The molecule has 0 fully saturated rings. The highest BCUT2D eigenvalue weighted by Gasteiger charge is 2.42. The summed E-state index contributed by atoms with van der Waals surface area (Å²) in [5.74, 6) is 1.21. The zero-order valence-electron chi connectivity index (χ0n) is 22.2. The number of rotatable bonds is 5. The summed E-state index contributed by atoms with van der Waals surface area (Å²) in [5.41, 5.74) is 3.45. The van der Waals surface area contributed by atoms with E-state index in [0.29, 0.717) is 23.3 Å². The van der Waals surface area contributed by atoms with Gasteiger partial charge in [-0.1, -0.05) is 79.5 Å². The first-order chi connectivity index (χ1) is 16.0. The van der Waals surface area contributed by atoms with E-state index in [2.05, 4.69) is 51.8 Å². The fourth-order valence-corrected chi connectivity index (χ4v) is 5.08. The van der Waals surface area contributed by atoms with Crippen LogP contribution in [0.15, 0.2) is 48.0 Å². The van der Waals surface area contributed by atoms with Crippen LogP contribution in [0.25, 0.3) is 16.3 Å². The summed E-state index contributed by atoms with van der Waals surface area (Å²) in [5, 5.41) is 1.44. The highest BCUT2D eigenvalue weighted by atomic mass is 19.1. The van der Waals surface area contributed by atoms with Crippen molar-refractivity contribution in [2.75, 3.05) is 0 Å². The average molecular weight is 466 g/mol. The number of fused-ring (bicyclic) bond motifs is 1. The number of allylic oxidation sites excluding steroid dienone is 6. The van der Waals surface area contributed by atoms with E-state index in [4.69, 9.17) is 0 Å². The summed E-state index contributed by atoms with van der Waals surface area (Å²) in [6.07, 6.45) is 11.9. The average Bonchev–Trinajstić information content (AvgIpc) is 2.80. The Balaban J connectivity index is 0.000000481. The maximum atomic E-state index is 15.2. The lowest BCUT2D eigenvalue weighted by Gasteiger charge is -2.40. The molecule has 4 rings (SSSR count). The highest BCUT2D eigenvalue weighted by Crippen LogP contribution is 2.54. The predicted octanol–water partition coefficient (Wildman–Crippen LogP) is 9.65. The number of aryl methyl sites for hydroxylation is 1. The molecule has 0 bridgehead atoms. The van der Waals surface area contributed by atoms with Gasteiger partial charge >= 0.3 is 0 Å². The number of hydrogen-bond donors (Lipinski definition) is 0. The number of aromatic nitrogens is 1. The molecule has 34 heavy (non-hydrogen) atoms. The Bertz CT molecular complexity index is 1130. The summed E-state index contributed by atoms with van der Waals surface area (Å²) < 4.78 is 30.1. The van der Waals surface area contributed by atoms with Crippen LogP contribution in [0, 0.1) is 30.5 Å². The molecule has 0 amide bonds. The Morgan fingerprint density at radius 1 is 1.15 bits per heavy atom. The van der Waals surface area contributed by atoms with E-state index in [-0.39, 0.29) is 17.6 Å². The van der Waals surface area contributed by atoms with Crippen LogP contribution in [-0.4, -0.2) is 4.98 Å². The normalized spacial score (nSPS) is 18.9. The van der Waals surface area contributed by atoms with Crippen molar-refractivity contribution in [3.63, 3.8) is 0 Å². The van der Waals surface area contributed by atoms with Gasteiger partial charge in [0, 0.05) is 28.0 Å². The highest BCUT2D eigenvalue weighted by molar-refractivity contribution is 6.01. The second kappa shape index (κ2) is 10.5. The van der Waals surface area contributed by atoms with Gasteiger partial charge in [0.15, 0.2) is 0 Å². The molecule has 1 unspecified atom stereocenters. The van der Waals surface area contributed by atoms with Gasteiger partial charge in [0.05, 0.1) is 5.69 Å². The molecule has 2 aromatic rings. The van der Waals surface area contributed by atoms with Crippen LogP contribution in [0.3, 0.4) is 0 Å². The van der Waals surface area contributed by atoms with Gasteiger partial charge in [-0.05, 0) is 66.4 Å². The van der Waals surface area contributed by atoms with Gasteiger partial charge < -0.3 is 0 Å². The maximum absolute atomic E-state index is 15.2. The van der Waals surface area contributed by atoms with Crippen molar-refractivity contribution in [2.24, 2.45) is 17.8 Å². The van der Waals surface area contributed by atoms with Crippen molar-refractivity contribution in [3.8, 4) is 0 Å². The van der Waals surface area contributed by atoms with Gasteiger partial charge in [0.1, 0.15) is 11.6 Å². The predicted molar refractivity (Wildman–Crippen MR) is 142 cm³/mol. The molecule has 0 saturated heterocycles. The van der Waals surface area contributed by atoms with Crippen LogP contribution in [0.5, 0.6) is 0 Å².